The SMILES string of the molecule is CO.O=S(=O)([O-])CC[NH2+]Cc1ccco1. The van der Waals surface area contributed by atoms with Crippen LogP contribution in [0.5, 0.6) is 0 Å². The predicted molar refractivity (Wildman–Crippen MR) is 51.9 cm³/mol. The Morgan fingerprint density at radius 2 is 2.20 bits per heavy atom. The molecule has 7 heteroatoms. The molecule has 0 aromatic carbocycles. The van der Waals surface area contributed by atoms with Crippen LogP contribution in [0.3, 0.4) is 0 Å². The highest BCUT2D eigenvalue weighted by Crippen LogP contribution is 1.95. The molecule has 88 valence electrons. The highest BCUT2D eigenvalue weighted by atomic mass is 32.2. The molecule has 0 radical (unpaired) electrons. The van der Waals surface area contributed by atoms with Crippen LogP contribution in [0.15, 0.2) is 22.8 Å². The molecule has 0 bridgehead atoms. The van der Waals surface area contributed by atoms with Crippen LogP contribution in [-0.4, -0.2) is 37.5 Å². The van der Waals surface area contributed by atoms with E-state index in [2.05, 4.69) is 0 Å². The van der Waals surface area contributed by atoms with Crippen LogP contribution in [0.2, 0.25) is 0 Å². The average Bonchev–Trinajstić information content (AvgIpc) is 2.67. The first-order valence-corrected chi connectivity index (χ1v) is 5.88. The van der Waals surface area contributed by atoms with Crippen molar-refractivity contribution >= 4 is 10.1 Å². The van der Waals surface area contributed by atoms with Gasteiger partial charge < -0.3 is 19.4 Å². The summed E-state index contributed by atoms with van der Waals surface area (Å²) in [5.74, 6) is 0.427. The molecule has 1 aromatic heterocycles. The summed E-state index contributed by atoms with van der Waals surface area (Å²) >= 11 is 0. The van der Waals surface area contributed by atoms with E-state index >= 15 is 0 Å². The maximum Gasteiger partial charge on any atom is 0.157 e. The fourth-order valence-corrected chi connectivity index (χ4v) is 1.36. The fourth-order valence-electron chi connectivity index (χ4n) is 0.901. The lowest BCUT2D eigenvalue weighted by atomic mass is 10.4. The molecule has 3 N–H and O–H groups in total. The van der Waals surface area contributed by atoms with E-state index in [1.807, 2.05) is 0 Å². The van der Waals surface area contributed by atoms with Crippen LogP contribution >= 0.6 is 0 Å². The van der Waals surface area contributed by atoms with Gasteiger partial charge in [0.2, 0.25) is 0 Å². The number of aliphatic hydroxyl groups is 1. The van der Waals surface area contributed by atoms with Crippen LogP contribution in [-0.2, 0) is 16.7 Å². The van der Waals surface area contributed by atoms with Gasteiger partial charge in [0.05, 0.1) is 18.6 Å². The first kappa shape index (κ1) is 14.1. The van der Waals surface area contributed by atoms with Crippen LogP contribution in [0, 0.1) is 0 Å². The lowest BCUT2D eigenvalue weighted by molar-refractivity contribution is -0.668. The second-order valence-corrected chi connectivity index (χ2v) is 4.15. The van der Waals surface area contributed by atoms with Gasteiger partial charge in [0.15, 0.2) is 5.76 Å². The van der Waals surface area contributed by atoms with Gasteiger partial charge in [-0.2, -0.15) is 0 Å². The Bertz CT molecular complexity index is 332. The van der Waals surface area contributed by atoms with Crippen molar-refractivity contribution in [3.05, 3.63) is 24.2 Å². The third kappa shape index (κ3) is 8.13. The third-order valence-corrected chi connectivity index (χ3v) is 2.23. The molecule has 0 saturated carbocycles. The summed E-state index contributed by atoms with van der Waals surface area (Å²) in [6.45, 7) is 0.828. The Hall–Kier alpha value is -0.890. The first-order chi connectivity index (χ1) is 7.08. The topological polar surface area (TPSA) is 107 Å². The monoisotopic (exact) mass is 237 g/mol. The van der Waals surface area contributed by atoms with E-state index in [1.165, 1.54) is 0 Å². The summed E-state index contributed by atoms with van der Waals surface area (Å²) in [5.41, 5.74) is 0. The minimum Gasteiger partial charge on any atom is -0.748 e. The molecule has 0 amide bonds. The summed E-state index contributed by atoms with van der Waals surface area (Å²) < 4.78 is 35.6. The molecule has 1 rings (SSSR count). The van der Waals surface area contributed by atoms with E-state index in [1.54, 1.807) is 23.7 Å². The van der Waals surface area contributed by atoms with Crippen molar-refractivity contribution in [3.8, 4) is 0 Å². The van der Waals surface area contributed by atoms with E-state index in [9.17, 15) is 13.0 Å². The molecular formula is C8H15NO5S. The van der Waals surface area contributed by atoms with E-state index in [-0.39, 0.29) is 12.3 Å². The van der Waals surface area contributed by atoms with Crippen molar-refractivity contribution in [2.75, 3.05) is 19.4 Å². The van der Waals surface area contributed by atoms with E-state index in [4.69, 9.17) is 9.52 Å². The lowest BCUT2D eigenvalue weighted by Crippen LogP contribution is -2.83. The summed E-state index contributed by atoms with van der Waals surface area (Å²) in [6, 6.07) is 3.55. The molecule has 15 heavy (non-hydrogen) atoms. The summed E-state index contributed by atoms with van der Waals surface area (Å²) in [5, 5.41) is 8.72. The Morgan fingerprint density at radius 1 is 1.53 bits per heavy atom. The van der Waals surface area contributed by atoms with Gasteiger partial charge in [0.25, 0.3) is 0 Å². The fraction of sp³-hybridized carbons (Fsp3) is 0.500. The Kier molecular flexibility index (Phi) is 6.97. The first-order valence-electron chi connectivity index (χ1n) is 4.30. The number of hydrogen-bond donors (Lipinski definition) is 2. The molecule has 0 spiro atoms. The van der Waals surface area contributed by atoms with Crippen molar-refractivity contribution in [2.45, 2.75) is 6.54 Å². The average molecular weight is 237 g/mol. The summed E-state index contributed by atoms with van der Waals surface area (Å²) in [7, 11) is -3.08. The molecule has 0 saturated heterocycles. The van der Waals surface area contributed by atoms with Crippen molar-refractivity contribution < 1.29 is 27.8 Å². The minimum atomic E-state index is -4.08. The number of furan rings is 1. The zero-order valence-electron chi connectivity index (χ0n) is 8.42. The Labute approximate surface area is 88.7 Å². The van der Waals surface area contributed by atoms with Gasteiger partial charge in [0, 0.05) is 7.11 Å². The maximum atomic E-state index is 10.2. The zero-order valence-corrected chi connectivity index (χ0v) is 9.24. The predicted octanol–water partition coefficient (Wildman–Crippen LogP) is -1.50. The number of quaternary nitrogens is 1. The molecule has 1 heterocycles. The molecule has 0 aliphatic rings. The molecule has 0 unspecified atom stereocenters. The van der Waals surface area contributed by atoms with Gasteiger partial charge in [-0.3, -0.25) is 0 Å². The molecule has 0 aliphatic carbocycles. The Balaban J connectivity index is 0.000000921. The third-order valence-electron chi connectivity index (χ3n) is 1.50. The largest absolute Gasteiger partial charge is 0.748 e. The van der Waals surface area contributed by atoms with Crippen LogP contribution < -0.4 is 5.32 Å². The van der Waals surface area contributed by atoms with Crippen molar-refractivity contribution in [2.24, 2.45) is 0 Å². The van der Waals surface area contributed by atoms with Gasteiger partial charge in [-0.05, 0) is 12.1 Å². The van der Waals surface area contributed by atoms with E-state index in [0.29, 0.717) is 6.54 Å². The molecule has 0 atom stereocenters. The lowest BCUT2D eigenvalue weighted by Gasteiger charge is -2.04. The van der Waals surface area contributed by atoms with E-state index in [0.717, 1.165) is 12.9 Å². The molecule has 0 fully saturated rings. The minimum absolute atomic E-state index is 0.270. The van der Waals surface area contributed by atoms with Crippen LogP contribution in [0.25, 0.3) is 0 Å². The number of aliphatic hydroxyl groups excluding tert-OH is 1. The summed E-state index contributed by atoms with van der Waals surface area (Å²) in [4.78, 5) is 0. The highest BCUT2D eigenvalue weighted by Gasteiger charge is 1.99. The second-order valence-electron chi connectivity index (χ2n) is 2.62. The van der Waals surface area contributed by atoms with Crippen LogP contribution in [0.1, 0.15) is 5.76 Å². The zero-order chi connectivity index (χ0) is 11.7. The van der Waals surface area contributed by atoms with Gasteiger partial charge in [-0.15, -0.1) is 0 Å². The molecule has 0 aliphatic heterocycles. The van der Waals surface area contributed by atoms with Gasteiger partial charge in [0.1, 0.15) is 16.7 Å². The highest BCUT2D eigenvalue weighted by molar-refractivity contribution is 7.85. The smallest absolute Gasteiger partial charge is 0.157 e. The number of rotatable bonds is 5. The van der Waals surface area contributed by atoms with E-state index < -0.39 is 10.1 Å². The molecular weight excluding hydrogens is 222 g/mol. The van der Waals surface area contributed by atoms with Gasteiger partial charge >= 0.3 is 0 Å². The quantitative estimate of drug-likeness (QED) is 0.478. The second kappa shape index (κ2) is 7.41. The normalized spacial score (nSPS) is 10.6. The standard InChI is InChI=1S/C7H11NO4S.CH4O/c9-13(10,11)5-3-8-6-7-2-1-4-12-7;1-2/h1-2,4,8H,3,5-6H2,(H,9,10,11);2H,1H3. The molecule has 1 aromatic rings. The van der Waals surface area contributed by atoms with Crippen LogP contribution in [0.4, 0.5) is 0 Å². The molecule has 6 nitrogen and oxygen atoms in total. The van der Waals surface area contributed by atoms with Crippen molar-refractivity contribution in [1.82, 2.24) is 0 Å². The Morgan fingerprint density at radius 3 is 2.67 bits per heavy atom. The number of hydrogen-bond acceptors (Lipinski definition) is 5. The number of nitrogens with two attached hydrogens (primary N) is 1. The van der Waals surface area contributed by atoms with Crippen molar-refractivity contribution in [1.29, 1.82) is 0 Å². The van der Waals surface area contributed by atoms with Gasteiger partial charge in [-0.25, -0.2) is 8.42 Å². The van der Waals surface area contributed by atoms with Crippen molar-refractivity contribution in [3.63, 3.8) is 0 Å². The van der Waals surface area contributed by atoms with Gasteiger partial charge in [-0.1, -0.05) is 0 Å². The maximum absolute atomic E-state index is 10.2. The summed E-state index contributed by atoms with van der Waals surface area (Å²) in [6.07, 6.45) is 1.55.